The van der Waals surface area contributed by atoms with Gasteiger partial charge in [0.25, 0.3) is 5.56 Å². The van der Waals surface area contributed by atoms with E-state index in [2.05, 4.69) is 15.1 Å². The van der Waals surface area contributed by atoms with Crippen molar-refractivity contribution in [3.8, 4) is 22.8 Å². The lowest BCUT2D eigenvalue weighted by molar-refractivity contribution is -0.141. The fraction of sp³-hybridized carbons (Fsp3) is 0.158. The molecule has 0 saturated carbocycles. The predicted molar refractivity (Wildman–Crippen MR) is 97.5 cm³/mol. The minimum Gasteiger partial charge on any atom is -0.306 e. The molecule has 0 amide bonds. The van der Waals surface area contributed by atoms with Gasteiger partial charge in [0.2, 0.25) is 0 Å². The lowest BCUT2D eigenvalue weighted by atomic mass is 10.1. The third-order valence-electron chi connectivity index (χ3n) is 4.23. The largest absolute Gasteiger partial charge is 0.406 e. The summed E-state index contributed by atoms with van der Waals surface area (Å²) in [6.07, 6.45) is -1.69. The molecule has 28 heavy (non-hydrogen) atoms. The molecule has 0 aliphatic rings. The highest BCUT2D eigenvalue weighted by molar-refractivity contribution is 5.83. The van der Waals surface area contributed by atoms with Crippen molar-refractivity contribution in [3.05, 3.63) is 65.2 Å². The molecule has 0 aliphatic carbocycles. The molecule has 0 radical (unpaired) electrons. The van der Waals surface area contributed by atoms with E-state index in [9.17, 15) is 18.0 Å². The summed E-state index contributed by atoms with van der Waals surface area (Å²) in [6.45, 7) is -1.36. The number of hydrogen-bond acceptors (Lipinski definition) is 4. The molecular formula is C19H14F3N5O. The molecule has 0 atom stereocenters. The molecule has 0 fully saturated rings. The van der Waals surface area contributed by atoms with Crippen LogP contribution in [0, 0.1) is 0 Å². The lowest BCUT2D eigenvalue weighted by Gasteiger charge is -2.10. The van der Waals surface area contributed by atoms with Gasteiger partial charge in [-0.2, -0.15) is 18.3 Å². The monoisotopic (exact) mass is 385 g/mol. The van der Waals surface area contributed by atoms with Crippen molar-refractivity contribution < 1.29 is 13.2 Å². The van der Waals surface area contributed by atoms with Gasteiger partial charge in [0.05, 0.1) is 11.1 Å². The molecule has 6 nitrogen and oxygen atoms in total. The normalized spacial score (nSPS) is 11.9. The van der Waals surface area contributed by atoms with Gasteiger partial charge in [-0.25, -0.2) is 9.67 Å². The van der Waals surface area contributed by atoms with E-state index in [4.69, 9.17) is 0 Å². The molecule has 0 spiro atoms. The summed E-state index contributed by atoms with van der Waals surface area (Å²) in [5, 5.41) is 5.23. The predicted octanol–water partition coefficient (Wildman–Crippen LogP) is 3.42. The van der Waals surface area contributed by atoms with Crippen LogP contribution < -0.4 is 5.56 Å². The lowest BCUT2D eigenvalue weighted by Crippen LogP contribution is -2.28. The third kappa shape index (κ3) is 3.38. The van der Waals surface area contributed by atoms with E-state index in [1.165, 1.54) is 16.8 Å². The highest BCUT2D eigenvalue weighted by Crippen LogP contribution is 2.23. The van der Waals surface area contributed by atoms with E-state index < -0.39 is 18.3 Å². The molecule has 4 rings (SSSR count). The summed E-state index contributed by atoms with van der Waals surface area (Å²) < 4.78 is 40.1. The molecule has 142 valence electrons. The Balaban J connectivity index is 1.78. The number of nitrogens with zero attached hydrogens (tertiary/aromatic N) is 5. The van der Waals surface area contributed by atoms with Crippen molar-refractivity contribution in [2.45, 2.75) is 12.7 Å². The molecule has 3 heterocycles. The minimum absolute atomic E-state index is 0.0513. The van der Waals surface area contributed by atoms with Gasteiger partial charge in [-0.15, -0.1) is 0 Å². The molecule has 1 aromatic carbocycles. The highest BCUT2D eigenvalue weighted by Gasteiger charge is 2.29. The second-order valence-corrected chi connectivity index (χ2v) is 6.26. The molecule has 4 aromatic rings. The Kier molecular flexibility index (Phi) is 4.21. The van der Waals surface area contributed by atoms with E-state index in [1.54, 1.807) is 19.3 Å². The van der Waals surface area contributed by atoms with Crippen molar-refractivity contribution >= 4 is 10.9 Å². The van der Waals surface area contributed by atoms with Crippen molar-refractivity contribution in [2.75, 3.05) is 0 Å². The maximum atomic E-state index is 12.7. The van der Waals surface area contributed by atoms with E-state index in [0.29, 0.717) is 16.0 Å². The first-order valence-electron chi connectivity index (χ1n) is 8.34. The molecular weight excluding hydrogens is 371 g/mol. The SMILES string of the molecule is Cn1nc(-c2ccc3ncccc3c2)nc1-c1cccn(CC(F)(F)F)c1=O. The third-order valence-corrected chi connectivity index (χ3v) is 4.23. The Morgan fingerprint density at radius 3 is 2.71 bits per heavy atom. The number of pyridine rings is 2. The van der Waals surface area contributed by atoms with Crippen LogP contribution in [0.3, 0.4) is 0 Å². The van der Waals surface area contributed by atoms with Crippen LogP contribution in [0.25, 0.3) is 33.7 Å². The Bertz CT molecular complexity index is 1230. The molecule has 0 bridgehead atoms. The van der Waals surface area contributed by atoms with Crippen LogP contribution in [0.2, 0.25) is 0 Å². The average molecular weight is 385 g/mol. The zero-order chi connectivity index (χ0) is 19.9. The van der Waals surface area contributed by atoms with Crippen LogP contribution in [-0.4, -0.2) is 30.5 Å². The Hall–Kier alpha value is -3.49. The van der Waals surface area contributed by atoms with Crippen LogP contribution in [0.1, 0.15) is 0 Å². The van der Waals surface area contributed by atoms with Crippen molar-refractivity contribution in [3.63, 3.8) is 0 Å². The van der Waals surface area contributed by atoms with Gasteiger partial charge in [0.1, 0.15) is 6.54 Å². The molecule has 0 unspecified atom stereocenters. The van der Waals surface area contributed by atoms with Crippen molar-refractivity contribution in [1.29, 1.82) is 0 Å². The van der Waals surface area contributed by atoms with Gasteiger partial charge >= 0.3 is 6.18 Å². The molecule has 0 saturated heterocycles. The highest BCUT2D eigenvalue weighted by atomic mass is 19.4. The maximum absolute atomic E-state index is 12.7. The standard InChI is InChI=1S/C19H14F3N5O/c1-26-17(14-5-3-9-27(18(14)28)11-19(20,21)22)24-16(25-26)13-6-7-15-12(10-13)4-2-8-23-15/h2-10H,11H2,1H3. The van der Waals surface area contributed by atoms with Crippen LogP contribution >= 0.6 is 0 Å². The summed E-state index contributed by atoms with van der Waals surface area (Å²) >= 11 is 0. The number of aromatic nitrogens is 5. The van der Waals surface area contributed by atoms with Crippen molar-refractivity contribution in [1.82, 2.24) is 24.3 Å². The van der Waals surface area contributed by atoms with Gasteiger partial charge in [-0.1, -0.05) is 6.07 Å². The Morgan fingerprint density at radius 2 is 1.93 bits per heavy atom. The number of rotatable bonds is 3. The number of halogens is 3. The first kappa shape index (κ1) is 17.9. The second kappa shape index (κ2) is 6.59. The average Bonchev–Trinajstić information content (AvgIpc) is 3.03. The maximum Gasteiger partial charge on any atom is 0.406 e. The second-order valence-electron chi connectivity index (χ2n) is 6.26. The smallest absolute Gasteiger partial charge is 0.306 e. The Labute approximate surface area is 156 Å². The van der Waals surface area contributed by atoms with E-state index in [1.807, 2.05) is 24.3 Å². The molecule has 3 aromatic heterocycles. The Morgan fingerprint density at radius 1 is 1.11 bits per heavy atom. The number of aryl methyl sites for hydroxylation is 1. The number of hydrogen-bond donors (Lipinski definition) is 0. The van der Waals surface area contributed by atoms with Crippen LogP contribution in [0.4, 0.5) is 13.2 Å². The van der Waals surface area contributed by atoms with E-state index >= 15 is 0 Å². The quantitative estimate of drug-likeness (QED) is 0.542. The topological polar surface area (TPSA) is 65.6 Å². The van der Waals surface area contributed by atoms with Gasteiger partial charge in [-0.3, -0.25) is 9.78 Å². The minimum atomic E-state index is -4.49. The van der Waals surface area contributed by atoms with Gasteiger partial charge in [0.15, 0.2) is 11.6 Å². The summed E-state index contributed by atoms with van der Waals surface area (Å²) in [6, 6.07) is 12.1. The fourth-order valence-electron chi connectivity index (χ4n) is 2.98. The summed E-state index contributed by atoms with van der Waals surface area (Å²) in [7, 11) is 1.59. The van der Waals surface area contributed by atoms with Gasteiger partial charge in [0, 0.05) is 30.4 Å². The number of alkyl halides is 3. The van der Waals surface area contributed by atoms with Gasteiger partial charge in [-0.05, 0) is 36.4 Å². The van der Waals surface area contributed by atoms with Crippen LogP contribution in [-0.2, 0) is 13.6 Å². The first-order chi connectivity index (χ1) is 13.3. The van der Waals surface area contributed by atoms with E-state index in [0.717, 1.165) is 17.1 Å². The van der Waals surface area contributed by atoms with Crippen LogP contribution in [0.15, 0.2) is 59.7 Å². The van der Waals surface area contributed by atoms with E-state index in [-0.39, 0.29) is 11.4 Å². The fourth-order valence-corrected chi connectivity index (χ4v) is 2.98. The summed E-state index contributed by atoms with van der Waals surface area (Å²) in [4.78, 5) is 21.1. The number of benzene rings is 1. The summed E-state index contributed by atoms with van der Waals surface area (Å²) in [5.41, 5.74) is 0.814. The van der Waals surface area contributed by atoms with Crippen molar-refractivity contribution in [2.24, 2.45) is 7.05 Å². The zero-order valence-electron chi connectivity index (χ0n) is 14.7. The number of fused-ring (bicyclic) bond motifs is 1. The zero-order valence-corrected chi connectivity index (χ0v) is 14.7. The van der Waals surface area contributed by atoms with Crippen LogP contribution in [0.5, 0.6) is 0 Å². The molecule has 0 N–H and O–H groups in total. The molecule has 9 heteroatoms. The summed E-state index contributed by atoms with van der Waals surface area (Å²) in [5.74, 6) is 0.566. The molecule has 0 aliphatic heterocycles. The first-order valence-corrected chi connectivity index (χ1v) is 8.34. The van der Waals surface area contributed by atoms with Gasteiger partial charge < -0.3 is 4.57 Å².